The first-order valence-electron chi connectivity index (χ1n) is 9.39. The van der Waals surface area contributed by atoms with E-state index in [0.29, 0.717) is 22.8 Å². The molecule has 0 fully saturated rings. The predicted molar refractivity (Wildman–Crippen MR) is 117 cm³/mol. The second-order valence-electron chi connectivity index (χ2n) is 6.86. The zero-order valence-corrected chi connectivity index (χ0v) is 17.5. The van der Waals surface area contributed by atoms with Gasteiger partial charge in [0, 0.05) is 11.8 Å². The fraction of sp³-hybridized carbons (Fsp3) is 0.182. The Morgan fingerprint density at radius 2 is 1.80 bits per heavy atom. The van der Waals surface area contributed by atoms with Gasteiger partial charge in [0.05, 0.1) is 23.2 Å². The molecule has 0 unspecified atom stereocenters. The molecule has 0 aliphatic rings. The largest absolute Gasteiger partial charge is 0.462 e. The van der Waals surface area contributed by atoms with Gasteiger partial charge >= 0.3 is 5.97 Å². The molecule has 1 N–H and O–H groups in total. The molecule has 0 aliphatic carbocycles. The van der Waals surface area contributed by atoms with Crippen LogP contribution in [0.3, 0.4) is 0 Å². The van der Waals surface area contributed by atoms with Crippen LogP contribution in [0.1, 0.15) is 38.1 Å². The second-order valence-corrected chi connectivity index (χ2v) is 7.86. The molecule has 0 spiro atoms. The number of esters is 1. The van der Waals surface area contributed by atoms with Crippen molar-refractivity contribution in [1.82, 2.24) is 9.38 Å². The van der Waals surface area contributed by atoms with Gasteiger partial charge in [-0.25, -0.2) is 9.78 Å². The fourth-order valence-electron chi connectivity index (χ4n) is 3.11. The van der Waals surface area contributed by atoms with Crippen molar-refractivity contribution in [3.8, 4) is 0 Å². The standard InChI is InChI=1S/C22H19N3O4S/c1-4-29-21(28)14-5-7-15(8-6-14)23-20(27)18-11-19(26)25-17-10-13(3)12(2)9-16(17)24-22(25)30-18/h5-11H,4H2,1-3H3,(H,23,27). The summed E-state index contributed by atoms with van der Waals surface area (Å²) in [5.74, 6) is -0.834. The van der Waals surface area contributed by atoms with Gasteiger partial charge in [-0.2, -0.15) is 0 Å². The van der Waals surface area contributed by atoms with Gasteiger partial charge in [-0.05, 0) is 68.3 Å². The first-order chi connectivity index (χ1) is 14.4. The van der Waals surface area contributed by atoms with Crippen molar-refractivity contribution >= 4 is 44.9 Å². The number of ether oxygens (including phenoxy) is 1. The van der Waals surface area contributed by atoms with Crippen molar-refractivity contribution < 1.29 is 14.3 Å². The van der Waals surface area contributed by atoms with Gasteiger partial charge in [-0.3, -0.25) is 14.0 Å². The van der Waals surface area contributed by atoms with Gasteiger partial charge in [0.25, 0.3) is 11.5 Å². The van der Waals surface area contributed by atoms with Crippen LogP contribution in [-0.4, -0.2) is 27.9 Å². The topological polar surface area (TPSA) is 89.8 Å². The lowest BCUT2D eigenvalue weighted by Gasteiger charge is -2.06. The van der Waals surface area contributed by atoms with Crippen molar-refractivity contribution in [2.75, 3.05) is 11.9 Å². The number of carbonyl (C=O) groups excluding carboxylic acids is 2. The average Bonchev–Trinajstić information content (AvgIpc) is 3.06. The van der Waals surface area contributed by atoms with Crippen molar-refractivity contribution in [3.05, 3.63) is 74.4 Å². The molecule has 0 aliphatic heterocycles. The van der Waals surface area contributed by atoms with Crippen LogP contribution in [0.4, 0.5) is 5.69 Å². The highest BCUT2D eigenvalue weighted by atomic mass is 32.1. The average molecular weight is 421 g/mol. The van der Waals surface area contributed by atoms with Crippen molar-refractivity contribution in [1.29, 1.82) is 0 Å². The summed E-state index contributed by atoms with van der Waals surface area (Å²) in [6.07, 6.45) is 0. The molecule has 7 nitrogen and oxygen atoms in total. The number of imidazole rings is 1. The fourth-order valence-corrected chi connectivity index (χ4v) is 4.03. The maximum atomic E-state index is 12.7. The number of aryl methyl sites for hydroxylation is 2. The molecule has 0 bridgehead atoms. The SMILES string of the molecule is CCOC(=O)c1ccc(NC(=O)c2cc(=O)n3c(nc4cc(C)c(C)cc43)s2)cc1. The van der Waals surface area contributed by atoms with E-state index in [1.54, 1.807) is 31.2 Å². The van der Waals surface area contributed by atoms with Crippen LogP contribution in [0.2, 0.25) is 0 Å². The number of aromatic nitrogens is 2. The number of fused-ring (bicyclic) bond motifs is 3. The predicted octanol–water partition coefficient (Wildman–Crippen LogP) is 3.96. The van der Waals surface area contributed by atoms with E-state index in [0.717, 1.165) is 33.5 Å². The second kappa shape index (κ2) is 7.72. The lowest BCUT2D eigenvalue weighted by Crippen LogP contribution is -2.17. The van der Waals surface area contributed by atoms with E-state index in [2.05, 4.69) is 10.3 Å². The van der Waals surface area contributed by atoms with Crippen LogP contribution in [0.5, 0.6) is 0 Å². The molecule has 152 valence electrons. The molecule has 1 amide bonds. The van der Waals surface area contributed by atoms with Crippen molar-refractivity contribution in [3.63, 3.8) is 0 Å². The molecule has 8 heteroatoms. The Labute approximate surface area is 175 Å². The van der Waals surface area contributed by atoms with E-state index in [-0.39, 0.29) is 10.4 Å². The Bertz CT molecular complexity index is 1350. The summed E-state index contributed by atoms with van der Waals surface area (Å²) in [5.41, 5.74) is 4.21. The van der Waals surface area contributed by atoms with Crippen LogP contribution < -0.4 is 10.9 Å². The summed E-state index contributed by atoms with van der Waals surface area (Å²) in [5, 5.41) is 2.74. The molecule has 4 rings (SSSR count). The number of nitrogens with zero attached hydrogens (tertiary/aromatic N) is 2. The minimum absolute atomic E-state index is 0.255. The first kappa shape index (κ1) is 19.8. The Balaban J connectivity index is 1.64. The number of hydrogen-bond acceptors (Lipinski definition) is 6. The molecule has 30 heavy (non-hydrogen) atoms. The molecular formula is C22H19N3O4S. The number of amides is 1. The Morgan fingerprint density at radius 3 is 2.50 bits per heavy atom. The minimum atomic E-state index is -0.420. The first-order valence-corrected chi connectivity index (χ1v) is 10.2. The lowest BCUT2D eigenvalue weighted by atomic mass is 10.1. The lowest BCUT2D eigenvalue weighted by molar-refractivity contribution is 0.0526. The van der Waals surface area contributed by atoms with Crippen molar-refractivity contribution in [2.24, 2.45) is 0 Å². The summed E-state index contributed by atoms with van der Waals surface area (Å²) in [4.78, 5) is 42.4. The van der Waals surface area contributed by atoms with E-state index in [1.807, 2.05) is 26.0 Å². The number of benzene rings is 2. The number of hydrogen-bond donors (Lipinski definition) is 1. The highest BCUT2D eigenvalue weighted by molar-refractivity contribution is 7.18. The van der Waals surface area contributed by atoms with Crippen LogP contribution in [0, 0.1) is 13.8 Å². The highest BCUT2D eigenvalue weighted by Crippen LogP contribution is 2.23. The quantitative estimate of drug-likeness (QED) is 0.504. The Morgan fingerprint density at radius 1 is 1.10 bits per heavy atom. The minimum Gasteiger partial charge on any atom is -0.462 e. The highest BCUT2D eigenvalue weighted by Gasteiger charge is 2.15. The summed E-state index contributed by atoms with van der Waals surface area (Å²) >= 11 is 1.15. The number of anilines is 1. The van der Waals surface area contributed by atoms with Gasteiger partial charge in [0.15, 0.2) is 4.96 Å². The number of nitrogens with one attached hydrogen (secondary N) is 1. The van der Waals surface area contributed by atoms with E-state index in [1.165, 1.54) is 10.5 Å². The third-order valence-electron chi connectivity index (χ3n) is 4.79. The molecule has 0 saturated heterocycles. The maximum absolute atomic E-state index is 12.7. The monoisotopic (exact) mass is 421 g/mol. The van der Waals surface area contributed by atoms with Crippen LogP contribution in [0.25, 0.3) is 16.0 Å². The summed E-state index contributed by atoms with van der Waals surface area (Å²) in [6, 6.07) is 11.6. The van der Waals surface area contributed by atoms with Crippen LogP contribution in [-0.2, 0) is 4.74 Å². The molecule has 0 atom stereocenters. The van der Waals surface area contributed by atoms with Crippen molar-refractivity contribution in [2.45, 2.75) is 20.8 Å². The van der Waals surface area contributed by atoms with E-state index < -0.39 is 11.9 Å². The zero-order chi connectivity index (χ0) is 21.4. The van der Waals surface area contributed by atoms with Gasteiger partial charge in [-0.15, -0.1) is 0 Å². The molecular weight excluding hydrogens is 402 g/mol. The van der Waals surface area contributed by atoms with Gasteiger partial charge < -0.3 is 10.1 Å². The zero-order valence-electron chi connectivity index (χ0n) is 16.7. The normalized spacial score (nSPS) is 11.0. The summed E-state index contributed by atoms with van der Waals surface area (Å²) in [7, 11) is 0. The van der Waals surface area contributed by atoms with Gasteiger partial charge in [0.2, 0.25) is 0 Å². The Kier molecular flexibility index (Phi) is 5.09. The van der Waals surface area contributed by atoms with Crippen LogP contribution >= 0.6 is 11.3 Å². The Hall–Kier alpha value is -3.52. The van der Waals surface area contributed by atoms with Crippen LogP contribution in [0.15, 0.2) is 47.3 Å². The number of rotatable bonds is 4. The number of carbonyl (C=O) groups is 2. The molecule has 4 aromatic rings. The van der Waals surface area contributed by atoms with E-state index >= 15 is 0 Å². The molecule has 2 aromatic carbocycles. The molecule has 0 saturated carbocycles. The van der Waals surface area contributed by atoms with Gasteiger partial charge in [0.1, 0.15) is 4.88 Å². The molecule has 2 heterocycles. The smallest absolute Gasteiger partial charge is 0.338 e. The molecule has 2 aromatic heterocycles. The summed E-state index contributed by atoms with van der Waals surface area (Å²) in [6.45, 7) is 6.00. The van der Waals surface area contributed by atoms with E-state index in [9.17, 15) is 14.4 Å². The third kappa shape index (κ3) is 3.57. The van der Waals surface area contributed by atoms with E-state index in [4.69, 9.17) is 4.74 Å². The third-order valence-corrected chi connectivity index (χ3v) is 5.77. The maximum Gasteiger partial charge on any atom is 0.338 e. The molecule has 0 radical (unpaired) electrons. The summed E-state index contributed by atoms with van der Waals surface area (Å²) < 4.78 is 6.47. The van der Waals surface area contributed by atoms with Gasteiger partial charge in [-0.1, -0.05) is 11.3 Å².